The minimum atomic E-state index is -0.683. The van der Waals surface area contributed by atoms with Crippen LogP contribution in [-0.2, 0) is 9.53 Å². The van der Waals surface area contributed by atoms with Crippen molar-refractivity contribution in [2.75, 3.05) is 7.11 Å². The van der Waals surface area contributed by atoms with E-state index in [2.05, 4.69) is 4.74 Å². The average molecular weight is 210 g/mol. The van der Waals surface area contributed by atoms with E-state index in [1.807, 2.05) is 0 Å². The number of aromatic hydroxyl groups is 1. The van der Waals surface area contributed by atoms with E-state index >= 15 is 0 Å². The van der Waals surface area contributed by atoms with E-state index in [4.69, 9.17) is 4.74 Å². The lowest BCUT2D eigenvalue weighted by atomic mass is 10.2. The van der Waals surface area contributed by atoms with Crippen LogP contribution in [0.1, 0.15) is 12.5 Å². The molecule has 0 amide bonds. The number of benzene rings is 1. The number of carbonyl (C=O) groups is 1. The molecule has 0 aliphatic heterocycles. The van der Waals surface area contributed by atoms with Gasteiger partial charge in [-0.1, -0.05) is 6.07 Å². The summed E-state index contributed by atoms with van der Waals surface area (Å²) in [6, 6.07) is 4.87. The van der Waals surface area contributed by atoms with Crippen molar-refractivity contribution in [3.8, 4) is 11.5 Å². The number of aryl methyl sites for hydroxylation is 1. The van der Waals surface area contributed by atoms with E-state index in [0.717, 1.165) is 5.56 Å². The molecule has 82 valence electrons. The number of esters is 1. The highest BCUT2D eigenvalue weighted by atomic mass is 16.6. The fraction of sp³-hybridized carbons (Fsp3) is 0.364. The van der Waals surface area contributed by atoms with Crippen molar-refractivity contribution in [3.05, 3.63) is 23.8 Å². The highest BCUT2D eigenvalue weighted by molar-refractivity contribution is 5.74. The lowest BCUT2D eigenvalue weighted by molar-refractivity contribution is -0.147. The van der Waals surface area contributed by atoms with Crippen molar-refractivity contribution in [2.24, 2.45) is 0 Å². The maximum atomic E-state index is 11.1. The second-order valence-corrected chi connectivity index (χ2v) is 3.23. The van der Waals surface area contributed by atoms with Gasteiger partial charge >= 0.3 is 5.97 Å². The lowest BCUT2D eigenvalue weighted by Crippen LogP contribution is -2.24. The number of rotatable bonds is 3. The predicted octanol–water partition coefficient (Wildman–Crippen LogP) is 1.64. The van der Waals surface area contributed by atoms with Crippen LogP contribution >= 0.6 is 0 Å². The summed E-state index contributed by atoms with van der Waals surface area (Å²) < 4.78 is 9.78. The molecule has 4 nitrogen and oxygen atoms in total. The molecule has 1 unspecified atom stereocenters. The summed E-state index contributed by atoms with van der Waals surface area (Å²) in [6.45, 7) is 3.37. The molecule has 0 bridgehead atoms. The van der Waals surface area contributed by atoms with Crippen LogP contribution in [0.4, 0.5) is 0 Å². The molecular formula is C11H14O4. The van der Waals surface area contributed by atoms with E-state index < -0.39 is 12.1 Å². The molecule has 0 aliphatic carbocycles. The molecule has 1 rings (SSSR count). The van der Waals surface area contributed by atoms with Crippen molar-refractivity contribution >= 4 is 5.97 Å². The van der Waals surface area contributed by atoms with Gasteiger partial charge in [-0.2, -0.15) is 0 Å². The SMILES string of the molecule is COC(=O)C(C)Oc1ccc(C)c(O)c1. The molecule has 0 spiro atoms. The van der Waals surface area contributed by atoms with Crippen LogP contribution in [0.3, 0.4) is 0 Å². The zero-order valence-electron chi connectivity index (χ0n) is 8.98. The molecule has 0 aromatic heterocycles. The zero-order valence-corrected chi connectivity index (χ0v) is 8.98. The Bertz CT molecular complexity index is 360. The summed E-state index contributed by atoms with van der Waals surface area (Å²) >= 11 is 0. The minimum Gasteiger partial charge on any atom is -0.508 e. The van der Waals surface area contributed by atoms with Crippen LogP contribution < -0.4 is 4.74 Å². The van der Waals surface area contributed by atoms with Gasteiger partial charge in [0.25, 0.3) is 0 Å². The first-order chi connectivity index (χ1) is 7.04. The van der Waals surface area contributed by atoms with E-state index in [9.17, 15) is 9.90 Å². The monoisotopic (exact) mass is 210 g/mol. The first kappa shape index (κ1) is 11.4. The van der Waals surface area contributed by atoms with Crippen LogP contribution in [0.2, 0.25) is 0 Å². The summed E-state index contributed by atoms with van der Waals surface area (Å²) in [7, 11) is 1.30. The van der Waals surface area contributed by atoms with Gasteiger partial charge in [-0.15, -0.1) is 0 Å². The second kappa shape index (κ2) is 4.68. The normalized spacial score (nSPS) is 11.9. The lowest BCUT2D eigenvalue weighted by Gasteiger charge is -2.12. The molecule has 0 radical (unpaired) electrons. The highest BCUT2D eigenvalue weighted by Crippen LogP contribution is 2.23. The maximum Gasteiger partial charge on any atom is 0.346 e. The van der Waals surface area contributed by atoms with Crippen LogP contribution in [-0.4, -0.2) is 24.3 Å². The average Bonchev–Trinajstić information content (AvgIpc) is 2.22. The third-order valence-electron chi connectivity index (χ3n) is 2.03. The first-order valence-electron chi connectivity index (χ1n) is 4.58. The van der Waals surface area contributed by atoms with Gasteiger partial charge < -0.3 is 14.6 Å². The number of methoxy groups -OCH3 is 1. The topological polar surface area (TPSA) is 55.8 Å². The minimum absolute atomic E-state index is 0.143. The van der Waals surface area contributed by atoms with Crippen LogP contribution in [0.15, 0.2) is 18.2 Å². The van der Waals surface area contributed by atoms with Crippen LogP contribution in [0.25, 0.3) is 0 Å². The van der Waals surface area contributed by atoms with Gasteiger partial charge in [-0.25, -0.2) is 4.79 Å². The Labute approximate surface area is 88.4 Å². The van der Waals surface area contributed by atoms with Crippen molar-refractivity contribution in [3.63, 3.8) is 0 Å². The summed E-state index contributed by atoms with van der Waals surface area (Å²) in [5.41, 5.74) is 0.757. The molecule has 15 heavy (non-hydrogen) atoms. The van der Waals surface area contributed by atoms with Crippen LogP contribution in [0.5, 0.6) is 11.5 Å². The number of phenolic OH excluding ortho intramolecular Hbond substituents is 1. The van der Waals surface area contributed by atoms with Gasteiger partial charge in [0.15, 0.2) is 6.10 Å². The molecular weight excluding hydrogens is 196 g/mol. The molecule has 0 heterocycles. The molecule has 1 aromatic carbocycles. The smallest absolute Gasteiger partial charge is 0.346 e. The van der Waals surface area contributed by atoms with Crippen molar-refractivity contribution in [2.45, 2.75) is 20.0 Å². The summed E-state index contributed by atoms with van der Waals surface area (Å²) in [5, 5.41) is 9.41. The van der Waals surface area contributed by atoms with Gasteiger partial charge in [0.2, 0.25) is 0 Å². The van der Waals surface area contributed by atoms with Crippen molar-refractivity contribution in [1.82, 2.24) is 0 Å². The number of phenols is 1. The van der Waals surface area contributed by atoms with E-state index in [-0.39, 0.29) is 5.75 Å². The number of ether oxygens (including phenoxy) is 2. The number of hydrogen-bond acceptors (Lipinski definition) is 4. The molecule has 0 saturated carbocycles. The standard InChI is InChI=1S/C11H14O4/c1-7-4-5-9(6-10(7)12)15-8(2)11(13)14-3/h4-6,8,12H,1-3H3. The van der Waals surface area contributed by atoms with Gasteiger partial charge in [-0.3, -0.25) is 0 Å². The van der Waals surface area contributed by atoms with Crippen molar-refractivity contribution < 1.29 is 19.4 Å². The summed E-state index contributed by atoms with van der Waals surface area (Å²) in [6.07, 6.45) is -0.683. The highest BCUT2D eigenvalue weighted by Gasteiger charge is 2.14. The Morgan fingerprint density at radius 1 is 1.47 bits per heavy atom. The summed E-state index contributed by atoms with van der Waals surface area (Å²) in [4.78, 5) is 11.1. The molecule has 1 atom stereocenters. The Balaban J connectivity index is 2.73. The van der Waals surface area contributed by atoms with Crippen LogP contribution in [0, 0.1) is 6.92 Å². The molecule has 4 heteroatoms. The number of carbonyl (C=O) groups excluding carboxylic acids is 1. The zero-order chi connectivity index (χ0) is 11.4. The first-order valence-corrected chi connectivity index (χ1v) is 4.58. The Morgan fingerprint density at radius 2 is 2.13 bits per heavy atom. The molecule has 1 N–H and O–H groups in total. The predicted molar refractivity (Wildman–Crippen MR) is 54.9 cm³/mol. The van der Waals surface area contributed by atoms with Gasteiger partial charge in [0.05, 0.1) is 7.11 Å². The van der Waals surface area contributed by atoms with Gasteiger partial charge in [0.1, 0.15) is 11.5 Å². The van der Waals surface area contributed by atoms with E-state index in [1.54, 1.807) is 26.0 Å². The molecule has 0 aliphatic rings. The van der Waals surface area contributed by atoms with E-state index in [1.165, 1.54) is 13.2 Å². The largest absolute Gasteiger partial charge is 0.508 e. The van der Waals surface area contributed by atoms with Gasteiger partial charge in [0, 0.05) is 6.07 Å². The fourth-order valence-corrected chi connectivity index (χ4v) is 1.08. The Kier molecular flexibility index (Phi) is 3.55. The third kappa shape index (κ3) is 2.87. The molecule has 1 aromatic rings. The van der Waals surface area contributed by atoms with Gasteiger partial charge in [-0.05, 0) is 25.5 Å². The number of hydrogen-bond donors (Lipinski definition) is 1. The van der Waals surface area contributed by atoms with Crippen molar-refractivity contribution in [1.29, 1.82) is 0 Å². The van der Waals surface area contributed by atoms with E-state index in [0.29, 0.717) is 5.75 Å². The molecule has 0 saturated heterocycles. The fourth-order valence-electron chi connectivity index (χ4n) is 1.08. The quantitative estimate of drug-likeness (QED) is 0.770. The summed E-state index contributed by atoms with van der Waals surface area (Å²) in [5.74, 6) is 0.135. The second-order valence-electron chi connectivity index (χ2n) is 3.23. The maximum absolute atomic E-state index is 11.1. The Morgan fingerprint density at radius 3 is 2.67 bits per heavy atom. The molecule has 0 fully saturated rings. The third-order valence-corrected chi connectivity index (χ3v) is 2.03. The Hall–Kier alpha value is -1.71.